The molecule has 1 aromatic heterocycles. The molecule has 0 saturated heterocycles. The summed E-state index contributed by atoms with van der Waals surface area (Å²) < 4.78 is 14.8. The summed E-state index contributed by atoms with van der Waals surface area (Å²) in [5.74, 6) is 5.74. The molecular weight excluding hydrogens is 309 g/mol. The van der Waals surface area contributed by atoms with Crippen molar-refractivity contribution in [3.8, 4) is 0 Å². The van der Waals surface area contributed by atoms with Gasteiger partial charge in [0.05, 0.1) is 4.88 Å². The highest BCUT2D eigenvalue weighted by Crippen LogP contribution is 2.35. The summed E-state index contributed by atoms with van der Waals surface area (Å²) in [6.07, 6.45) is 0. The third-order valence-electron chi connectivity index (χ3n) is 2.82. The number of rotatable bonds is 5. The molecule has 4 nitrogen and oxygen atoms in total. The first-order valence-electron chi connectivity index (χ1n) is 6.41. The molecular formula is C14H18FN3OS2. The summed E-state index contributed by atoms with van der Waals surface area (Å²) in [6.45, 7) is 3.86. The third-order valence-corrected chi connectivity index (χ3v) is 5.46. The molecule has 114 valence electrons. The Balaban J connectivity index is 2.40. The normalized spacial score (nSPS) is 11.9. The second-order valence-electron chi connectivity index (χ2n) is 5.48. The largest absolute Gasteiger partial charge is 0.325 e. The van der Waals surface area contributed by atoms with Crippen molar-refractivity contribution in [3.63, 3.8) is 0 Å². The molecule has 7 heteroatoms. The Morgan fingerprint density at radius 3 is 2.81 bits per heavy atom. The van der Waals surface area contributed by atoms with E-state index in [1.165, 1.54) is 17.4 Å². The van der Waals surface area contributed by atoms with Gasteiger partial charge in [0.15, 0.2) is 0 Å². The van der Waals surface area contributed by atoms with E-state index in [1.54, 1.807) is 23.9 Å². The maximum Gasteiger partial charge on any atom is 0.275 e. The third kappa shape index (κ3) is 3.74. The van der Waals surface area contributed by atoms with Crippen LogP contribution in [0.5, 0.6) is 0 Å². The van der Waals surface area contributed by atoms with Crippen molar-refractivity contribution in [2.45, 2.75) is 25.1 Å². The number of hydrogen-bond donors (Lipinski definition) is 3. The topological polar surface area (TPSA) is 81.1 Å². The number of carbonyl (C=O) groups is 1. The van der Waals surface area contributed by atoms with Gasteiger partial charge in [0.25, 0.3) is 5.91 Å². The van der Waals surface area contributed by atoms with Gasteiger partial charge in [-0.3, -0.25) is 10.2 Å². The Bertz CT molecular complexity index is 664. The Labute approximate surface area is 131 Å². The molecule has 0 saturated carbocycles. The number of halogens is 1. The average Bonchev–Trinajstić information content (AvgIpc) is 2.77. The second kappa shape index (κ2) is 6.31. The molecule has 0 aliphatic rings. The summed E-state index contributed by atoms with van der Waals surface area (Å²) >= 11 is 2.83. The molecule has 0 fully saturated rings. The van der Waals surface area contributed by atoms with E-state index in [4.69, 9.17) is 11.6 Å². The number of hydrogen-bond acceptors (Lipinski definition) is 5. The number of fused-ring (bicyclic) bond motifs is 1. The van der Waals surface area contributed by atoms with Crippen LogP contribution in [0.3, 0.4) is 0 Å². The van der Waals surface area contributed by atoms with Crippen molar-refractivity contribution in [2.24, 2.45) is 11.6 Å². The van der Waals surface area contributed by atoms with Gasteiger partial charge in [-0.15, -0.1) is 11.3 Å². The molecule has 1 heterocycles. The first-order valence-corrected chi connectivity index (χ1v) is 8.38. The fraction of sp³-hybridized carbons (Fsp3) is 0.357. The van der Waals surface area contributed by atoms with Crippen LogP contribution in [-0.4, -0.2) is 17.2 Å². The number of thioether (sulfide) groups is 1. The number of amides is 1. The van der Waals surface area contributed by atoms with E-state index in [1.807, 2.05) is 13.8 Å². The second-order valence-corrected chi connectivity index (χ2v) is 7.52. The number of nitrogen functional groups attached to an aromatic ring is 1. The molecule has 0 aliphatic carbocycles. The van der Waals surface area contributed by atoms with Gasteiger partial charge in [0, 0.05) is 27.1 Å². The highest BCUT2D eigenvalue weighted by Gasteiger charge is 2.21. The molecule has 1 amide bonds. The van der Waals surface area contributed by atoms with Gasteiger partial charge in [0.1, 0.15) is 5.82 Å². The maximum atomic E-state index is 14.1. The first kappa shape index (κ1) is 16.2. The molecule has 0 atom stereocenters. The zero-order chi connectivity index (χ0) is 15.6. The Hall–Kier alpha value is -1.15. The fourth-order valence-electron chi connectivity index (χ4n) is 1.97. The lowest BCUT2D eigenvalue weighted by molar-refractivity contribution is 0.0957. The fourth-order valence-corrected chi connectivity index (χ4v) is 4.32. The van der Waals surface area contributed by atoms with Crippen LogP contribution in [0.15, 0.2) is 18.2 Å². The molecule has 2 rings (SSSR count). The zero-order valence-corrected chi connectivity index (χ0v) is 13.5. The van der Waals surface area contributed by atoms with E-state index in [0.29, 0.717) is 27.3 Å². The van der Waals surface area contributed by atoms with Gasteiger partial charge in [-0.1, -0.05) is 6.07 Å². The molecule has 21 heavy (non-hydrogen) atoms. The van der Waals surface area contributed by atoms with Crippen LogP contribution in [0.25, 0.3) is 10.1 Å². The van der Waals surface area contributed by atoms with Crippen LogP contribution in [0.4, 0.5) is 4.39 Å². The summed E-state index contributed by atoms with van der Waals surface area (Å²) in [6, 6.07) is 4.84. The zero-order valence-electron chi connectivity index (χ0n) is 11.9. The number of nitrogens with two attached hydrogens (primary N) is 2. The number of hydrazine groups is 1. The smallest absolute Gasteiger partial charge is 0.275 e. The molecule has 0 radical (unpaired) electrons. The number of carbonyl (C=O) groups excluding carboxylic acids is 1. The van der Waals surface area contributed by atoms with E-state index in [0.717, 1.165) is 4.70 Å². The van der Waals surface area contributed by atoms with Crippen LogP contribution < -0.4 is 17.0 Å². The predicted molar refractivity (Wildman–Crippen MR) is 87.9 cm³/mol. The lowest BCUT2D eigenvalue weighted by Gasteiger charge is -2.17. The van der Waals surface area contributed by atoms with E-state index in [2.05, 4.69) is 5.43 Å². The Morgan fingerprint density at radius 2 is 2.19 bits per heavy atom. The SMILES string of the molecule is CC(C)(N)CSCc1c(C(=O)NN)sc2cccc(F)c12. The molecule has 0 aliphatic heterocycles. The highest BCUT2D eigenvalue weighted by molar-refractivity contribution is 7.98. The van der Waals surface area contributed by atoms with Crippen LogP contribution in [0, 0.1) is 5.82 Å². The van der Waals surface area contributed by atoms with Crippen molar-refractivity contribution >= 4 is 39.1 Å². The van der Waals surface area contributed by atoms with Crippen molar-refractivity contribution in [1.29, 1.82) is 0 Å². The van der Waals surface area contributed by atoms with Gasteiger partial charge >= 0.3 is 0 Å². The van der Waals surface area contributed by atoms with Gasteiger partial charge in [-0.2, -0.15) is 11.8 Å². The highest BCUT2D eigenvalue weighted by atomic mass is 32.2. The lowest BCUT2D eigenvalue weighted by Crippen LogP contribution is -2.34. The number of benzene rings is 1. The average molecular weight is 327 g/mol. The molecule has 5 N–H and O–H groups in total. The van der Waals surface area contributed by atoms with Crippen molar-refractivity contribution in [3.05, 3.63) is 34.5 Å². The summed E-state index contributed by atoms with van der Waals surface area (Å²) in [5.41, 5.74) is 8.45. The molecule has 2 aromatic rings. The van der Waals surface area contributed by atoms with E-state index in [-0.39, 0.29) is 11.4 Å². The Kier molecular flexibility index (Phi) is 4.88. The van der Waals surface area contributed by atoms with Crippen molar-refractivity contribution in [1.82, 2.24) is 5.43 Å². The number of thiophene rings is 1. The molecule has 1 aromatic carbocycles. The minimum absolute atomic E-state index is 0.314. The van der Waals surface area contributed by atoms with Crippen LogP contribution in [0.2, 0.25) is 0 Å². The van der Waals surface area contributed by atoms with Gasteiger partial charge < -0.3 is 5.73 Å². The summed E-state index contributed by atoms with van der Waals surface area (Å²) in [4.78, 5) is 12.4. The first-order chi connectivity index (χ1) is 9.83. The summed E-state index contributed by atoms with van der Waals surface area (Å²) in [5, 5.41) is 0.503. The van der Waals surface area contributed by atoms with E-state index < -0.39 is 5.91 Å². The van der Waals surface area contributed by atoms with Crippen LogP contribution in [-0.2, 0) is 5.75 Å². The van der Waals surface area contributed by atoms with Crippen LogP contribution in [0.1, 0.15) is 29.1 Å². The molecule has 0 unspecified atom stereocenters. The Morgan fingerprint density at radius 1 is 1.48 bits per heavy atom. The van der Waals surface area contributed by atoms with Crippen molar-refractivity contribution < 1.29 is 9.18 Å². The molecule has 0 bridgehead atoms. The van der Waals surface area contributed by atoms with Gasteiger partial charge in [0.2, 0.25) is 0 Å². The quantitative estimate of drug-likeness (QED) is 0.448. The van der Waals surface area contributed by atoms with Gasteiger partial charge in [-0.05, 0) is 31.5 Å². The number of nitrogens with one attached hydrogen (secondary N) is 1. The van der Waals surface area contributed by atoms with E-state index in [9.17, 15) is 9.18 Å². The standard InChI is InChI=1S/C14H18FN3OS2/c1-14(2,16)7-20-6-8-11-9(15)4-3-5-10(11)21-12(8)13(19)18-17/h3-5H,6-7,16-17H2,1-2H3,(H,18,19). The van der Waals surface area contributed by atoms with E-state index >= 15 is 0 Å². The minimum atomic E-state index is -0.391. The monoisotopic (exact) mass is 327 g/mol. The molecule has 0 spiro atoms. The summed E-state index contributed by atoms with van der Waals surface area (Å²) in [7, 11) is 0. The maximum absolute atomic E-state index is 14.1. The minimum Gasteiger partial charge on any atom is -0.325 e. The lowest BCUT2D eigenvalue weighted by atomic mass is 10.1. The van der Waals surface area contributed by atoms with Gasteiger partial charge in [-0.25, -0.2) is 10.2 Å². The van der Waals surface area contributed by atoms with Crippen molar-refractivity contribution in [2.75, 3.05) is 5.75 Å². The predicted octanol–water partition coefficient (Wildman–Crippen LogP) is 2.61. The van der Waals surface area contributed by atoms with Crippen LogP contribution >= 0.6 is 23.1 Å².